The molecule has 6 heteroatoms. The number of hydrogen-bond donors (Lipinski definition) is 1. The molecular weight excluding hydrogens is 277 g/mol. The zero-order chi connectivity index (χ0) is 14.0. The lowest BCUT2D eigenvalue weighted by atomic mass is 10.1. The molecule has 0 saturated carbocycles. The van der Waals surface area contributed by atoms with E-state index < -0.39 is 11.7 Å². The molecule has 2 rings (SSSR count). The van der Waals surface area contributed by atoms with Gasteiger partial charge >= 0.3 is 6.18 Å². The first-order chi connectivity index (χ1) is 8.86. The van der Waals surface area contributed by atoms with Gasteiger partial charge in [0.1, 0.15) is 5.82 Å². The number of hydrogen-bond acceptors (Lipinski definition) is 2. The number of pyridine rings is 1. The predicted octanol–water partition coefficient (Wildman–Crippen LogP) is 4.81. The average molecular weight is 287 g/mol. The average Bonchev–Trinajstić information content (AvgIpc) is 2.33. The van der Waals surface area contributed by atoms with Crippen molar-refractivity contribution in [3.05, 3.63) is 52.7 Å². The first-order valence-electron chi connectivity index (χ1n) is 5.43. The summed E-state index contributed by atoms with van der Waals surface area (Å²) in [7, 11) is 0. The summed E-state index contributed by atoms with van der Waals surface area (Å²) in [6.07, 6.45) is -2.94. The third kappa shape index (κ3) is 3.38. The van der Waals surface area contributed by atoms with E-state index in [0.29, 0.717) is 22.1 Å². The van der Waals surface area contributed by atoms with Gasteiger partial charge in [0.2, 0.25) is 0 Å². The topological polar surface area (TPSA) is 24.9 Å². The van der Waals surface area contributed by atoms with Crippen molar-refractivity contribution in [1.29, 1.82) is 0 Å². The minimum atomic E-state index is -4.36. The van der Waals surface area contributed by atoms with E-state index in [-0.39, 0.29) is 0 Å². The van der Waals surface area contributed by atoms with Gasteiger partial charge in [-0.25, -0.2) is 4.98 Å². The third-order valence-electron chi connectivity index (χ3n) is 2.56. The van der Waals surface area contributed by atoms with E-state index in [0.717, 1.165) is 12.1 Å². The van der Waals surface area contributed by atoms with Crippen LogP contribution in [0, 0.1) is 6.92 Å². The maximum absolute atomic E-state index is 12.6. The Morgan fingerprint density at radius 1 is 1.16 bits per heavy atom. The second-order valence-corrected chi connectivity index (χ2v) is 4.45. The summed E-state index contributed by atoms with van der Waals surface area (Å²) in [6, 6.07) is 6.74. The molecule has 0 unspecified atom stereocenters. The van der Waals surface area contributed by atoms with E-state index in [1.807, 2.05) is 0 Å². The first kappa shape index (κ1) is 13.7. The van der Waals surface area contributed by atoms with Crippen LogP contribution in [0.2, 0.25) is 5.02 Å². The van der Waals surface area contributed by atoms with Crippen molar-refractivity contribution in [2.24, 2.45) is 0 Å². The molecule has 1 N–H and O–H groups in total. The van der Waals surface area contributed by atoms with Gasteiger partial charge in [0, 0.05) is 11.9 Å². The normalized spacial score (nSPS) is 11.4. The van der Waals surface area contributed by atoms with Crippen LogP contribution in [0.3, 0.4) is 0 Å². The summed E-state index contributed by atoms with van der Waals surface area (Å²) in [4.78, 5) is 3.98. The molecule has 2 nitrogen and oxygen atoms in total. The predicted molar refractivity (Wildman–Crippen MR) is 68.7 cm³/mol. The lowest BCUT2D eigenvalue weighted by Crippen LogP contribution is -2.06. The Balaban J connectivity index is 2.31. The van der Waals surface area contributed by atoms with Crippen molar-refractivity contribution in [3.63, 3.8) is 0 Å². The molecule has 1 heterocycles. The summed E-state index contributed by atoms with van der Waals surface area (Å²) in [5, 5.41) is 3.31. The Kier molecular flexibility index (Phi) is 3.66. The smallest absolute Gasteiger partial charge is 0.340 e. The van der Waals surface area contributed by atoms with Crippen LogP contribution in [-0.4, -0.2) is 4.98 Å². The molecule has 0 atom stereocenters. The minimum absolute atomic E-state index is 0.365. The minimum Gasteiger partial charge on any atom is -0.340 e. The number of nitrogens with one attached hydrogen (secondary N) is 1. The third-order valence-corrected chi connectivity index (χ3v) is 2.78. The molecule has 0 radical (unpaired) electrons. The van der Waals surface area contributed by atoms with Crippen molar-refractivity contribution in [2.75, 3.05) is 5.32 Å². The maximum atomic E-state index is 12.6. The largest absolute Gasteiger partial charge is 0.416 e. The quantitative estimate of drug-likeness (QED) is 0.857. The van der Waals surface area contributed by atoms with E-state index in [2.05, 4.69) is 10.3 Å². The molecule has 1 aromatic carbocycles. The molecule has 1 aromatic heterocycles. The number of nitrogens with zero attached hydrogens (tertiary/aromatic N) is 1. The van der Waals surface area contributed by atoms with Gasteiger partial charge in [-0.2, -0.15) is 13.2 Å². The SMILES string of the molecule is Cc1ccc(C(F)(F)F)cc1Nc1ccc(Cl)cn1. The number of halogens is 4. The molecule has 0 saturated heterocycles. The van der Waals surface area contributed by atoms with Crippen LogP contribution in [0.25, 0.3) is 0 Å². The van der Waals surface area contributed by atoms with E-state index in [4.69, 9.17) is 11.6 Å². The molecule has 0 amide bonds. The molecule has 0 bridgehead atoms. The Labute approximate surface area is 113 Å². The number of anilines is 2. The fraction of sp³-hybridized carbons (Fsp3) is 0.154. The second kappa shape index (κ2) is 5.09. The fourth-order valence-corrected chi connectivity index (χ4v) is 1.63. The molecule has 19 heavy (non-hydrogen) atoms. The second-order valence-electron chi connectivity index (χ2n) is 4.01. The standard InChI is InChI=1S/C13H10ClF3N2/c1-8-2-3-9(13(15,16)17)6-11(8)19-12-5-4-10(14)7-18-12/h2-7H,1H3,(H,18,19). The number of aryl methyl sites for hydroxylation is 1. The number of aromatic nitrogens is 1. The fourth-order valence-electron chi connectivity index (χ4n) is 1.52. The van der Waals surface area contributed by atoms with Crippen LogP contribution in [0.4, 0.5) is 24.7 Å². The zero-order valence-electron chi connectivity index (χ0n) is 9.92. The summed E-state index contributed by atoms with van der Waals surface area (Å²) in [5.41, 5.74) is 0.365. The zero-order valence-corrected chi connectivity index (χ0v) is 10.7. The van der Waals surface area contributed by atoms with E-state index in [1.54, 1.807) is 19.1 Å². The van der Waals surface area contributed by atoms with Crippen LogP contribution in [-0.2, 0) is 6.18 Å². The van der Waals surface area contributed by atoms with Gasteiger partial charge in [-0.3, -0.25) is 0 Å². The Morgan fingerprint density at radius 2 is 1.89 bits per heavy atom. The summed E-state index contributed by atoms with van der Waals surface area (Å²) in [5.74, 6) is 0.437. The van der Waals surface area contributed by atoms with E-state index in [9.17, 15) is 13.2 Å². The number of benzene rings is 1. The lowest BCUT2D eigenvalue weighted by Gasteiger charge is -2.12. The van der Waals surface area contributed by atoms with Gasteiger partial charge in [-0.05, 0) is 36.8 Å². The highest BCUT2D eigenvalue weighted by atomic mass is 35.5. The van der Waals surface area contributed by atoms with Gasteiger partial charge < -0.3 is 5.32 Å². The van der Waals surface area contributed by atoms with E-state index >= 15 is 0 Å². The maximum Gasteiger partial charge on any atom is 0.416 e. The molecule has 0 aliphatic carbocycles. The number of alkyl halides is 3. The van der Waals surface area contributed by atoms with Crippen molar-refractivity contribution >= 4 is 23.1 Å². The van der Waals surface area contributed by atoms with Crippen LogP contribution in [0.15, 0.2) is 36.5 Å². The van der Waals surface area contributed by atoms with E-state index in [1.165, 1.54) is 12.3 Å². The molecule has 0 aliphatic heterocycles. The summed E-state index contributed by atoms with van der Waals surface area (Å²) >= 11 is 5.69. The van der Waals surface area contributed by atoms with Crippen LogP contribution in [0.1, 0.15) is 11.1 Å². The van der Waals surface area contributed by atoms with Crippen molar-refractivity contribution < 1.29 is 13.2 Å². The Bertz CT molecular complexity index is 579. The molecule has 100 valence electrons. The molecule has 0 aliphatic rings. The first-order valence-corrected chi connectivity index (χ1v) is 5.80. The Hall–Kier alpha value is -1.75. The van der Waals surface area contributed by atoms with Crippen molar-refractivity contribution in [2.45, 2.75) is 13.1 Å². The highest BCUT2D eigenvalue weighted by Gasteiger charge is 2.30. The van der Waals surface area contributed by atoms with Crippen LogP contribution in [0.5, 0.6) is 0 Å². The molecular formula is C13H10ClF3N2. The van der Waals surface area contributed by atoms with Crippen molar-refractivity contribution in [1.82, 2.24) is 4.98 Å². The van der Waals surface area contributed by atoms with Gasteiger partial charge in [-0.1, -0.05) is 17.7 Å². The lowest BCUT2D eigenvalue weighted by molar-refractivity contribution is -0.137. The van der Waals surface area contributed by atoms with Gasteiger partial charge in [0.05, 0.1) is 10.6 Å². The molecule has 2 aromatic rings. The van der Waals surface area contributed by atoms with Gasteiger partial charge in [-0.15, -0.1) is 0 Å². The summed E-state index contributed by atoms with van der Waals surface area (Å²) < 4.78 is 37.9. The van der Waals surface area contributed by atoms with Crippen LogP contribution < -0.4 is 5.32 Å². The Morgan fingerprint density at radius 3 is 2.47 bits per heavy atom. The number of rotatable bonds is 2. The highest BCUT2D eigenvalue weighted by molar-refractivity contribution is 6.30. The van der Waals surface area contributed by atoms with Gasteiger partial charge in [0.15, 0.2) is 0 Å². The van der Waals surface area contributed by atoms with Gasteiger partial charge in [0.25, 0.3) is 0 Å². The van der Waals surface area contributed by atoms with Crippen molar-refractivity contribution in [3.8, 4) is 0 Å². The summed E-state index contributed by atoms with van der Waals surface area (Å²) in [6.45, 7) is 1.72. The monoisotopic (exact) mass is 286 g/mol. The van der Waals surface area contributed by atoms with Crippen LogP contribution >= 0.6 is 11.6 Å². The molecule has 0 fully saturated rings. The highest BCUT2D eigenvalue weighted by Crippen LogP contribution is 2.32. The molecule has 0 spiro atoms.